The second-order valence-corrected chi connectivity index (χ2v) is 10.3. The summed E-state index contributed by atoms with van der Waals surface area (Å²) >= 11 is 0. The van der Waals surface area contributed by atoms with Crippen LogP contribution in [0.15, 0.2) is 29.3 Å². The first-order valence-electron chi connectivity index (χ1n) is 11.2. The Hall–Kier alpha value is -1.89. The molecule has 1 fully saturated rings. The molecule has 1 amide bonds. The van der Waals surface area contributed by atoms with Crippen LogP contribution in [0.2, 0.25) is 0 Å². The third-order valence-corrected chi connectivity index (χ3v) is 6.93. The van der Waals surface area contributed by atoms with Crippen LogP contribution in [0.1, 0.15) is 65.4 Å². The number of nitrogens with zero attached hydrogens (tertiary/aromatic N) is 1. The molecule has 0 radical (unpaired) electrons. The van der Waals surface area contributed by atoms with Crippen molar-refractivity contribution in [2.24, 2.45) is 10.9 Å². The standard InChI is InChI=1S/C23H38N4O2S/c1-5-24-23(27-20-11-8-12-21(15-20)30(29)6-2)25-16-18-9-7-10-19(14-18)26-22(28)13-17(3)4/h7,9-10,14,17,20-21H,5-6,8,11-13,15-16H2,1-4H3,(H,26,28)(H2,24,25,27). The van der Waals surface area contributed by atoms with Gasteiger partial charge in [0.15, 0.2) is 5.96 Å². The van der Waals surface area contributed by atoms with Crippen LogP contribution in [-0.2, 0) is 22.1 Å². The molecule has 0 spiro atoms. The Kier molecular flexibility index (Phi) is 10.3. The van der Waals surface area contributed by atoms with E-state index in [1.54, 1.807) is 0 Å². The van der Waals surface area contributed by atoms with Crippen molar-refractivity contribution in [3.63, 3.8) is 0 Å². The summed E-state index contributed by atoms with van der Waals surface area (Å²) in [6, 6.07) is 8.16. The molecule has 0 aromatic heterocycles. The highest BCUT2D eigenvalue weighted by atomic mass is 32.2. The van der Waals surface area contributed by atoms with Gasteiger partial charge in [0.05, 0.1) is 6.54 Å². The smallest absolute Gasteiger partial charge is 0.224 e. The highest BCUT2D eigenvalue weighted by molar-refractivity contribution is 7.85. The van der Waals surface area contributed by atoms with Crippen LogP contribution in [0.4, 0.5) is 5.69 Å². The van der Waals surface area contributed by atoms with Gasteiger partial charge in [0, 0.05) is 46.5 Å². The van der Waals surface area contributed by atoms with E-state index in [9.17, 15) is 9.00 Å². The summed E-state index contributed by atoms with van der Waals surface area (Å²) in [7, 11) is -0.733. The number of nitrogens with one attached hydrogen (secondary N) is 3. The van der Waals surface area contributed by atoms with Crippen molar-refractivity contribution < 1.29 is 9.00 Å². The van der Waals surface area contributed by atoms with E-state index in [-0.39, 0.29) is 11.2 Å². The van der Waals surface area contributed by atoms with E-state index >= 15 is 0 Å². The molecule has 1 saturated carbocycles. The first-order chi connectivity index (χ1) is 14.4. The minimum Gasteiger partial charge on any atom is -0.357 e. The molecule has 168 valence electrons. The maximum Gasteiger partial charge on any atom is 0.224 e. The molecular formula is C23H38N4O2S. The SMILES string of the molecule is CCNC(=NCc1cccc(NC(=O)CC(C)C)c1)NC1CCCC(S(=O)CC)C1. The summed E-state index contributed by atoms with van der Waals surface area (Å²) in [6.45, 7) is 9.44. The van der Waals surface area contributed by atoms with Crippen LogP contribution in [-0.4, -0.2) is 39.7 Å². The molecule has 0 heterocycles. The van der Waals surface area contributed by atoms with Gasteiger partial charge in [-0.2, -0.15) is 0 Å². The molecule has 6 nitrogen and oxygen atoms in total. The molecule has 1 aliphatic carbocycles. The first kappa shape index (κ1) is 24.4. The highest BCUT2D eigenvalue weighted by Crippen LogP contribution is 2.23. The quantitative estimate of drug-likeness (QED) is 0.408. The highest BCUT2D eigenvalue weighted by Gasteiger charge is 2.26. The van der Waals surface area contributed by atoms with Gasteiger partial charge in [0.25, 0.3) is 0 Å². The van der Waals surface area contributed by atoms with Gasteiger partial charge in [-0.05, 0) is 49.8 Å². The van der Waals surface area contributed by atoms with E-state index < -0.39 is 10.8 Å². The molecule has 1 aliphatic rings. The Morgan fingerprint density at radius 3 is 2.77 bits per heavy atom. The van der Waals surface area contributed by atoms with Crippen LogP contribution in [0.3, 0.4) is 0 Å². The zero-order chi connectivity index (χ0) is 21.9. The molecule has 30 heavy (non-hydrogen) atoms. The third kappa shape index (κ3) is 8.46. The molecule has 2 rings (SSSR count). The molecule has 7 heteroatoms. The average molecular weight is 435 g/mol. The molecule has 3 unspecified atom stereocenters. The summed E-state index contributed by atoms with van der Waals surface area (Å²) in [6.07, 6.45) is 4.69. The van der Waals surface area contributed by atoms with Crippen LogP contribution < -0.4 is 16.0 Å². The van der Waals surface area contributed by atoms with Gasteiger partial charge in [0.2, 0.25) is 5.91 Å². The number of hydrogen-bond acceptors (Lipinski definition) is 3. The molecule has 1 aromatic rings. The van der Waals surface area contributed by atoms with Crippen molar-refractivity contribution >= 4 is 28.4 Å². The molecule has 0 saturated heterocycles. The number of guanidine groups is 1. The summed E-state index contributed by atoms with van der Waals surface area (Å²) in [5, 5.41) is 10.1. The number of benzene rings is 1. The van der Waals surface area contributed by atoms with Crippen LogP contribution in [0.25, 0.3) is 0 Å². The minimum atomic E-state index is -0.733. The molecule has 1 aromatic carbocycles. The summed E-state index contributed by atoms with van der Waals surface area (Å²) in [4.78, 5) is 16.8. The van der Waals surface area contributed by atoms with E-state index in [0.717, 1.165) is 55.2 Å². The summed E-state index contributed by atoms with van der Waals surface area (Å²) in [5.41, 5.74) is 1.85. The maximum absolute atomic E-state index is 12.2. The molecule has 0 aliphatic heterocycles. The average Bonchev–Trinajstić information content (AvgIpc) is 2.71. The summed E-state index contributed by atoms with van der Waals surface area (Å²) < 4.78 is 12.2. The number of rotatable bonds is 9. The lowest BCUT2D eigenvalue weighted by Crippen LogP contribution is -2.46. The van der Waals surface area contributed by atoms with Crippen molar-refractivity contribution in [3.8, 4) is 0 Å². The largest absolute Gasteiger partial charge is 0.357 e. The maximum atomic E-state index is 12.2. The van der Waals surface area contributed by atoms with Crippen molar-refractivity contribution in [2.75, 3.05) is 17.6 Å². The second kappa shape index (κ2) is 12.7. The Morgan fingerprint density at radius 1 is 1.27 bits per heavy atom. The molecule has 3 N–H and O–H groups in total. The molecular weight excluding hydrogens is 396 g/mol. The fourth-order valence-electron chi connectivity index (χ4n) is 3.76. The van der Waals surface area contributed by atoms with Crippen molar-refractivity contribution in [1.82, 2.24) is 10.6 Å². The predicted octanol–water partition coefficient (Wildman–Crippen LogP) is 3.81. The topological polar surface area (TPSA) is 82.6 Å². The van der Waals surface area contributed by atoms with Crippen molar-refractivity contribution in [2.45, 2.75) is 77.6 Å². The van der Waals surface area contributed by atoms with Gasteiger partial charge < -0.3 is 16.0 Å². The third-order valence-electron chi connectivity index (χ3n) is 5.19. The lowest BCUT2D eigenvalue weighted by atomic mass is 9.95. The van der Waals surface area contributed by atoms with Gasteiger partial charge in [-0.25, -0.2) is 4.99 Å². The number of hydrogen-bond donors (Lipinski definition) is 3. The number of carbonyl (C=O) groups excluding carboxylic acids is 1. The van der Waals surface area contributed by atoms with Crippen LogP contribution in [0, 0.1) is 5.92 Å². The van der Waals surface area contributed by atoms with Crippen molar-refractivity contribution in [3.05, 3.63) is 29.8 Å². The molecule has 3 atom stereocenters. The Bertz CT molecular complexity index is 736. The van der Waals surface area contributed by atoms with Gasteiger partial charge >= 0.3 is 0 Å². The van der Waals surface area contributed by atoms with Gasteiger partial charge in [-0.15, -0.1) is 0 Å². The monoisotopic (exact) mass is 434 g/mol. The molecule has 0 bridgehead atoms. The zero-order valence-corrected chi connectivity index (χ0v) is 19.7. The van der Waals surface area contributed by atoms with E-state index in [0.29, 0.717) is 24.9 Å². The number of amides is 1. The number of anilines is 1. The Morgan fingerprint density at radius 2 is 2.07 bits per heavy atom. The second-order valence-electron chi connectivity index (χ2n) is 8.34. The minimum absolute atomic E-state index is 0.0389. The zero-order valence-electron chi connectivity index (χ0n) is 18.9. The predicted molar refractivity (Wildman–Crippen MR) is 127 cm³/mol. The van der Waals surface area contributed by atoms with E-state index in [2.05, 4.69) is 22.9 Å². The van der Waals surface area contributed by atoms with Crippen molar-refractivity contribution in [1.29, 1.82) is 0 Å². The lowest BCUT2D eigenvalue weighted by molar-refractivity contribution is -0.116. The van der Waals surface area contributed by atoms with E-state index in [1.807, 2.05) is 45.0 Å². The van der Waals surface area contributed by atoms with Gasteiger partial charge in [-0.1, -0.05) is 39.3 Å². The summed E-state index contributed by atoms with van der Waals surface area (Å²) in [5.74, 6) is 1.90. The van der Waals surface area contributed by atoms with E-state index in [4.69, 9.17) is 4.99 Å². The first-order valence-corrected chi connectivity index (χ1v) is 12.6. The Labute approximate surface area is 184 Å². The fraction of sp³-hybridized carbons (Fsp3) is 0.652. The normalized spacial score (nSPS) is 20.6. The lowest BCUT2D eigenvalue weighted by Gasteiger charge is -2.30. The number of aliphatic imine (C=N–C) groups is 1. The number of carbonyl (C=O) groups is 1. The van der Waals surface area contributed by atoms with E-state index in [1.165, 1.54) is 0 Å². The van der Waals surface area contributed by atoms with Crippen LogP contribution >= 0.6 is 0 Å². The van der Waals surface area contributed by atoms with Gasteiger partial charge in [-0.3, -0.25) is 9.00 Å². The fourth-order valence-corrected chi connectivity index (χ4v) is 5.11. The Balaban J connectivity index is 1.98. The van der Waals surface area contributed by atoms with Gasteiger partial charge in [0.1, 0.15) is 0 Å². The van der Waals surface area contributed by atoms with Crippen LogP contribution in [0.5, 0.6) is 0 Å².